The van der Waals surface area contributed by atoms with Gasteiger partial charge in [-0.05, 0) is 0 Å². The molecule has 0 amide bonds. The molecule has 7 nitrogen and oxygen atoms in total. The van der Waals surface area contributed by atoms with Crippen molar-refractivity contribution < 1.29 is 24.7 Å². The molecule has 0 saturated heterocycles. The van der Waals surface area contributed by atoms with Crippen LogP contribution >= 0.6 is 0 Å². The number of rotatable bonds is 3. The summed E-state index contributed by atoms with van der Waals surface area (Å²) in [4.78, 5) is 28.2. The lowest BCUT2D eigenvalue weighted by atomic mass is 10.4. The molecule has 2 N–H and O–H groups in total. The standard InChI is InChI=1S/C4H3NO6/c6-3(7)1-2(4(8)9)5(10)11/h1H,(H,6,7)(H,8,9)/b2-1+. The lowest BCUT2D eigenvalue weighted by Gasteiger charge is -1.87. The van der Waals surface area contributed by atoms with Gasteiger partial charge in [0.05, 0.1) is 4.92 Å². The highest BCUT2D eigenvalue weighted by Gasteiger charge is 2.21. The van der Waals surface area contributed by atoms with Crippen LogP contribution in [-0.2, 0) is 9.59 Å². The zero-order valence-electron chi connectivity index (χ0n) is 5.05. The predicted molar refractivity (Wildman–Crippen MR) is 30.3 cm³/mol. The maximum Gasteiger partial charge on any atom is 0.407 e. The molecule has 0 radical (unpaired) electrons. The molecule has 0 aromatic heterocycles. The number of carbonyl (C=O) groups is 2. The van der Waals surface area contributed by atoms with Crippen LogP contribution in [0.4, 0.5) is 0 Å². The van der Waals surface area contributed by atoms with Gasteiger partial charge >= 0.3 is 17.6 Å². The SMILES string of the molecule is O=C(O)/C=C(\C(=O)O)[N+](=O)[O-]. The largest absolute Gasteiger partial charge is 0.478 e. The highest BCUT2D eigenvalue weighted by molar-refractivity contribution is 5.92. The van der Waals surface area contributed by atoms with Gasteiger partial charge in [0.1, 0.15) is 6.08 Å². The van der Waals surface area contributed by atoms with E-state index >= 15 is 0 Å². The molecule has 0 atom stereocenters. The van der Waals surface area contributed by atoms with Crippen LogP contribution in [0.25, 0.3) is 0 Å². The first-order chi connectivity index (χ1) is 4.95. The maximum atomic E-state index is 9.90. The smallest absolute Gasteiger partial charge is 0.407 e. The molecule has 0 saturated carbocycles. The Bertz CT molecular complexity index is 225. The average Bonchev–Trinajstić information content (AvgIpc) is 1.81. The zero-order chi connectivity index (χ0) is 9.02. The number of aliphatic carboxylic acids is 2. The summed E-state index contributed by atoms with van der Waals surface area (Å²) in [6, 6.07) is 0. The van der Waals surface area contributed by atoms with E-state index in [0.717, 1.165) is 0 Å². The number of hydrogen-bond acceptors (Lipinski definition) is 4. The first-order valence-electron chi connectivity index (χ1n) is 2.27. The van der Waals surface area contributed by atoms with E-state index in [1.807, 2.05) is 0 Å². The second-order valence-corrected chi connectivity index (χ2v) is 1.43. The van der Waals surface area contributed by atoms with Gasteiger partial charge in [0.15, 0.2) is 0 Å². The van der Waals surface area contributed by atoms with E-state index in [0.29, 0.717) is 0 Å². The van der Waals surface area contributed by atoms with E-state index < -0.39 is 22.6 Å². The van der Waals surface area contributed by atoms with E-state index in [-0.39, 0.29) is 6.08 Å². The molecule has 0 aliphatic rings. The summed E-state index contributed by atoms with van der Waals surface area (Å²) in [5, 5.41) is 25.7. The first kappa shape index (κ1) is 9.08. The highest BCUT2D eigenvalue weighted by Crippen LogP contribution is 1.94. The fourth-order valence-electron chi connectivity index (χ4n) is 0.309. The van der Waals surface area contributed by atoms with E-state index in [4.69, 9.17) is 10.2 Å². The van der Waals surface area contributed by atoms with E-state index in [9.17, 15) is 19.7 Å². The van der Waals surface area contributed by atoms with Crippen LogP contribution in [0.15, 0.2) is 11.8 Å². The lowest BCUT2D eigenvalue weighted by molar-refractivity contribution is -0.421. The molecule has 11 heavy (non-hydrogen) atoms. The first-order valence-corrected chi connectivity index (χ1v) is 2.27. The van der Waals surface area contributed by atoms with E-state index in [1.54, 1.807) is 0 Å². The third kappa shape index (κ3) is 2.94. The molecule has 0 bridgehead atoms. The minimum absolute atomic E-state index is 0.0162. The van der Waals surface area contributed by atoms with Crippen molar-refractivity contribution in [3.8, 4) is 0 Å². The predicted octanol–water partition coefficient (Wildman–Crippen LogP) is -0.684. The number of carboxylic acids is 2. The topological polar surface area (TPSA) is 118 Å². The summed E-state index contributed by atoms with van der Waals surface area (Å²) >= 11 is 0. The molecular formula is C4H3NO6. The van der Waals surface area contributed by atoms with Gasteiger partial charge in [-0.2, -0.15) is 0 Å². The summed E-state index contributed by atoms with van der Waals surface area (Å²) in [5.41, 5.74) is -1.36. The fraction of sp³-hybridized carbons (Fsp3) is 0. The third-order valence-corrected chi connectivity index (χ3v) is 0.676. The van der Waals surface area contributed by atoms with E-state index in [1.165, 1.54) is 0 Å². The minimum Gasteiger partial charge on any atom is -0.478 e. The summed E-state index contributed by atoms with van der Waals surface area (Å²) in [5.74, 6) is -3.54. The Balaban J connectivity index is 4.75. The highest BCUT2D eigenvalue weighted by atomic mass is 16.6. The van der Waals surface area contributed by atoms with Gasteiger partial charge in [0, 0.05) is 0 Å². The molecule has 0 aromatic rings. The van der Waals surface area contributed by atoms with Gasteiger partial charge in [-0.15, -0.1) is 0 Å². The quantitative estimate of drug-likeness (QED) is 0.321. The molecule has 60 valence electrons. The molecule has 0 unspecified atom stereocenters. The summed E-state index contributed by atoms with van der Waals surface area (Å²) in [7, 11) is 0. The van der Waals surface area contributed by atoms with Crippen molar-refractivity contribution in [1.82, 2.24) is 0 Å². The van der Waals surface area contributed by atoms with Crippen LogP contribution in [0.5, 0.6) is 0 Å². The van der Waals surface area contributed by atoms with Crippen molar-refractivity contribution in [2.45, 2.75) is 0 Å². The monoisotopic (exact) mass is 161 g/mol. The number of carboxylic acid groups (broad SMARTS) is 2. The summed E-state index contributed by atoms with van der Waals surface area (Å²) < 4.78 is 0. The van der Waals surface area contributed by atoms with Crippen molar-refractivity contribution in [1.29, 1.82) is 0 Å². The van der Waals surface area contributed by atoms with Gasteiger partial charge in [-0.1, -0.05) is 0 Å². The summed E-state index contributed by atoms with van der Waals surface area (Å²) in [6.07, 6.45) is 0.0162. The Morgan fingerprint density at radius 3 is 1.91 bits per heavy atom. The molecule has 0 spiro atoms. The summed E-state index contributed by atoms with van der Waals surface area (Å²) in [6.45, 7) is 0. The van der Waals surface area contributed by atoms with Gasteiger partial charge in [-0.25, -0.2) is 9.59 Å². The molecule has 0 fully saturated rings. The number of hydrogen-bond donors (Lipinski definition) is 2. The fourth-order valence-corrected chi connectivity index (χ4v) is 0.309. The third-order valence-electron chi connectivity index (χ3n) is 0.676. The number of nitro groups is 1. The Hall–Kier alpha value is -1.92. The molecular weight excluding hydrogens is 158 g/mol. The van der Waals surface area contributed by atoms with Crippen molar-refractivity contribution >= 4 is 11.9 Å². The van der Waals surface area contributed by atoms with Crippen LogP contribution in [0, 0.1) is 10.1 Å². The molecule has 0 heterocycles. The molecule has 0 aliphatic carbocycles. The zero-order valence-corrected chi connectivity index (χ0v) is 5.05. The van der Waals surface area contributed by atoms with Gasteiger partial charge in [-0.3, -0.25) is 10.1 Å². The minimum atomic E-state index is -1.88. The Morgan fingerprint density at radius 1 is 1.36 bits per heavy atom. The van der Waals surface area contributed by atoms with Crippen molar-refractivity contribution in [2.75, 3.05) is 0 Å². The van der Waals surface area contributed by atoms with Crippen LogP contribution < -0.4 is 0 Å². The number of nitrogens with zero attached hydrogens (tertiary/aromatic N) is 1. The van der Waals surface area contributed by atoms with Gasteiger partial charge < -0.3 is 10.2 Å². The van der Waals surface area contributed by atoms with Crippen molar-refractivity contribution in [2.24, 2.45) is 0 Å². The van der Waals surface area contributed by atoms with E-state index in [2.05, 4.69) is 0 Å². The van der Waals surface area contributed by atoms with Crippen LogP contribution in [-0.4, -0.2) is 27.1 Å². The average molecular weight is 161 g/mol. The second kappa shape index (κ2) is 3.30. The molecule has 0 aliphatic heterocycles. The Morgan fingerprint density at radius 2 is 1.82 bits per heavy atom. The molecule has 0 rings (SSSR count). The van der Waals surface area contributed by atoms with Crippen LogP contribution in [0.1, 0.15) is 0 Å². The Labute approximate surface area is 59.7 Å². The van der Waals surface area contributed by atoms with Crippen LogP contribution in [0.2, 0.25) is 0 Å². The van der Waals surface area contributed by atoms with Crippen molar-refractivity contribution in [3.63, 3.8) is 0 Å². The second-order valence-electron chi connectivity index (χ2n) is 1.43. The van der Waals surface area contributed by atoms with Crippen molar-refractivity contribution in [3.05, 3.63) is 21.9 Å². The normalized spacial score (nSPS) is 10.7. The van der Waals surface area contributed by atoms with Crippen LogP contribution in [0.3, 0.4) is 0 Å². The van der Waals surface area contributed by atoms with Gasteiger partial charge in [0.2, 0.25) is 0 Å². The van der Waals surface area contributed by atoms with Gasteiger partial charge in [0.25, 0.3) is 0 Å². The lowest BCUT2D eigenvalue weighted by Crippen LogP contribution is -2.12. The molecule has 7 heteroatoms. The molecule has 0 aromatic carbocycles. The Kier molecular flexibility index (Phi) is 2.72. The maximum absolute atomic E-state index is 9.90.